The van der Waals surface area contributed by atoms with Crippen molar-refractivity contribution in [3.63, 3.8) is 0 Å². The third kappa shape index (κ3) is 4.91. The van der Waals surface area contributed by atoms with Crippen LogP contribution in [0.25, 0.3) is 0 Å². The number of hydrogen-bond donors (Lipinski definition) is 4. The number of carbonyl (C=O) groups is 2. The van der Waals surface area contributed by atoms with Crippen LogP contribution < -0.4 is 10.6 Å². The molecule has 1 fully saturated rings. The molecule has 4 N–H and O–H groups in total. The van der Waals surface area contributed by atoms with Crippen LogP contribution in [-0.2, 0) is 4.79 Å². The molecule has 1 aliphatic rings. The van der Waals surface area contributed by atoms with Gasteiger partial charge in [-0.2, -0.15) is 0 Å². The van der Waals surface area contributed by atoms with Gasteiger partial charge in [-0.25, -0.2) is 9.59 Å². The molecule has 2 amide bonds. The van der Waals surface area contributed by atoms with Crippen LogP contribution in [0.3, 0.4) is 0 Å². The van der Waals surface area contributed by atoms with Gasteiger partial charge < -0.3 is 20.8 Å². The summed E-state index contributed by atoms with van der Waals surface area (Å²) in [6.07, 6.45) is 5.18. The molecule has 0 heterocycles. The summed E-state index contributed by atoms with van der Waals surface area (Å²) < 4.78 is 0. The first-order valence-corrected chi connectivity index (χ1v) is 6.43. The Bertz CT molecular complexity index is 296. The fourth-order valence-electron chi connectivity index (χ4n) is 2.20. The Balaban J connectivity index is 2.37. The van der Waals surface area contributed by atoms with Crippen molar-refractivity contribution in [2.75, 3.05) is 6.61 Å². The zero-order valence-electron chi connectivity index (χ0n) is 10.7. The number of carbonyl (C=O) groups excluding carboxylic acids is 1. The van der Waals surface area contributed by atoms with Crippen molar-refractivity contribution in [1.82, 2.24) is 10.6 Å². The number of aliphatic hydroxyl groups is 1. The summed E-state index contributed by atoms with van der Waals surface area (Å²) in [7, 11) is 0. The highest BCUT2D eigenvalue weighted by molar-refractivity contribution is 5.82. The Labute approximate surface area is 107 Å². The molecule has 104 valence electrons. The number of aliphatic hydroxyl groups excluding tert-OH is 1. The fourth-order valence-corrected chi connectivity index (χ4v) is 2.20. The van der Waals surface area contributed by atoms with E-state index in [9.17, 15) is 9.59 Å². The van der Waals surface area contributed by atoms with Crippen molar-refractivity contribution in [1.29, 1.82) is 0 Å². The van der Waals surface area contributed by atoms with E-state index in [1.165, 1.54) is 6.42 Å². The van der Waals surface area contributed by atoms with Gasteiger partial charge in [0.2, 0.25) is 0 Å². The third-order valence-electron chi connectivity index (χ3n) is 3.38. The lowest BCUT2D eigenvalue weighted by Gasteiger charge is -2.19. The Morgan fingerprint density at radius 3 is 2.61 bits per heavy atom. The van der Waals surface area contributed by atoms with E-state index >= 15 is 0 Å². The van der Waals surface area contributed by atoms with E-state index in [0.717, 1.165) is 25.7 Å². The first-order chi connectivity index (χ1) is 8.52. The summed E-state index contributed by atoms with van der Waals surface area (Å²) >= 11 is 0. The van der Waals surface area contributed by atoms with Crippen molar-refractivity contribution in [2.24, 2.45) is 5.92 Å². The van der Waals surface area contributed by atoms with Crippen LogP contribution in [0.5, 0.6) is 0 Å². The summed E-state index contributed by atoms with van der Waals surface area (Å²) in [6.45, 7) is 1.60. The molecule has 6 heteroatoms. The van der Waals surface area contributed by atoms with Crippen molar-refractivity contribution in [3.05, 3.63) is 0 Å². The molecule has 6 nitrogen and oxygen atoms in total. The van der Waals surface area contributed by atoms with Crippen LogP contribution in [0.15, 0.2) is 0 Å². The van der Waals surface area contributed by atoms with Gasteiger partial charge in [0.25, 0.3) is 0 Å². The number of hydrogen-bond acceptors (Lipinski definition) is 3. The second kappa shape index (κ2) is 7.20. The zero-order chi connectivity index (χ0) is 13.5. The molecule has 18 heavy (non-hydrogen) atoms. The predicted molar refractivity (Wildman–Crippen MR) is 66.2 cm³/mol. The highest BCUT2D eigenvalue weighted by Crippen LogP contribution is 2.22. The first-order valence-electron chi connectivity index (χ1n) is 6.43. The number of amides is 2. The molecule has 1 rings (SSSR count). The lowest BCUT2D eigenvalue weighted by molar-refractivity contribution is -0.140. The minimum absolute atomic E-state index is 0.100. The smallest absolute Gasteiger partial charge is 0.328 e. The Kier molecular flexibility index (Phi) is 5.91. The van der Waals surface area contributed by atoms with Gasteiger partial charge >= 0.3 is 12.0 Å². The molecule has 0 aliphatic heterocycles. The van der Waals surface area contributed by atoms with E-state index in [2.05, 4.69) is 17.6 Å². The SMILES string of the molecule is CC1CCCC(NC(=O)NC(CO)C(=O)O)CC1. The molecule has 3 atom stereocenters. The van der Waals surface area contributed by atoms with Crippen molar-refractivity contribution < 1.29 is 19.8 Å². The maximum absolute atomic E-state index is 11.6. The van der Waals surface area contributed by atoms with Crippen LogP contribution in [0.2, 0.25) is 0 Å². The summed E-state index contributed by atoms with van der Waals surface area (Å²) in [5.41, 5.74) is 0. The Morgan fingerprint density at radius 1 is 1.28 bits per heavy atom. The summed E-state index contributed by atoms with van der Waals surface area (Å²) in [5.74, 6) is -0.550. The number of carboxylic acids is 1. The Hall–Kier alpha value is -1.30. The van der Waals surface area contributed by atoms with E-state index in [1.807, 2.05) is 0 Å². The minimum atomic E-state index is -1.24. The summed E-state index contributed by atoms with van der Waals surface area (Å²) in [4.78, 5) is 22.2. The summed E-state index contributed by atoms with van der Waals surface area (Å²) in [6, 6.07) is -1.66. The first kappa shape index (κ1) is 14.8. The summed E-state index contributed by atoms with van der Waals surface area (Å²) in [5, 5.41) is 22.5. The average Bonchev–Trinajstić information content (AvgIpc) is 2.51. The molecular weight excluding hydrogens is 236 g/mol. The van der Waals surface area contributed by atoms with Gasteiger partial charge in [0, 0.05) is 6.04 Å². The minimum Gasteiger partial charge on any atom is -0.480 e. The molecule has 0 radical (unpaired) electrons. The molecule has 0 aromatic rings. The number of aliphatic carboxylic acids is 1. The molecule has 1 aliphatic carbocycles. The van der Waals surface area contributed by atoms with Crippen LogP contribution in [0.4, 0.5) is 4.79 Å². The third-order valence-corrected chi connectivity index (χ3v) is 3.38. The number of urea groups is 1. The van der Waals surface area contributed by atoms with Gasteiger partial charge in [-0.1, -0.05) is 19.8 Å². The van der Waals surface area contributed by atoms with Crippen molar-refractivity contribution >= 4 is 12.0 Å². The second-order valence-corrected chi connectivity index (χ2v) is 5.00. The van der Waals surface area contributed by atoms with Crippen LogP contribution in [0.1, 0.15) is 39.0 Å². The quantitative estimate of drug-likeness (QED) is 0.558. The number of carboxylic acid groups (broad SMARTS) is 1. The van der Waals surface area contributed by atoms with Crippen molar-refractivity contribution in [3.8, 4) is 0 Å². The monoisotopic (exact) mass is 258 g/mol. The maximum Gasteiger partial charge on any atom is 0.328 e. The zero-order valence-corrected chi connectivity index (χ0v) is 10.7. The van der Waals surface area contributed by atoms with E-state index in [1.54, 1.807) is 0 Å². The molecule has 0 saturated heterocycles. The Morgan fingerprint density at radius 2 is 2.00 bits per heavy atom. The van der Waals surface area contributed by atoms with Crippen LogP contribution in [-0.4, -0.2) is 40.9 Å². The molecule has 1 saturated carbocycles. The van der Waals surface area contributed by atoms with E-state index in [0.29, 0.717) is 5.92 Å². The van der Waals surface area contributed by atoms with E-state index in [-0.39, 0.29) is 6.04 Å². The van der Waals surface area contributed by atoms with Gasteiger partial charge in [0.05, 0.1) is 6.61 Å². The highest BCUT2D eigenvalue weighted by atomic mass is 16.4. The van der Waals surface area contributed by atoms with Gasteiger partial charge in [-0.05, 0) is 25.2 Å². The largest absolute Gasteiger partial charge is 0.480 e. The highest BCUT2D eigenvalue weighted by Gasteiger charge is 2.22. The van der Waals surface area contributed by atoms with E-state index in [4.69, 9.17) is 10.2 Å². The lowest BCUT2D eigenvalue weighted by atomic mass is 10.0. The van der Waals surface area contributed by atoms with Gasteiger partial charge in [0.15, 0.2) is 6.04 Å². The van der Waals surface area contributed by atoms with Gasteiger partial charge in [-0.3, -0.25) is 0 Å². The molecule has 0 aromatic carbocycles. The van der Waals surface area contributed by atoms with E-state index < -0.39 is 24.6 Å². The van der Waals surface area contributed by atoms with Crippen molar-refractivity contribution in [2.45, 2.75) is 51.1 Å². The second-order valence-electron chi connectivity index (χ2n) is 5.00. The lowest BCUT2D eigenvalue weighted by Crippen LogP contribution is -2.50. The molecule has 0 aromatic heterocycles. The molecule has 3 unspecified atom stereocenters. The van der Waals surface area contributed by atoms with Crippen LogP contribution in [0, 0.1) is 5.92 Å². The number of rotatable bonds is 4. The van der Waals surface area contributed by atoms with Gasteiger partial charge in [-0.15, -0.1) is 0 Å². The molecular formula is C12H22N2O4. The molecule has 0 spiro atoms. The fraction of sp³-hybridized carbons (Fsp3) is 0.833. The predicted octanol–water partition coefficient (Wildman–Crippen LogP) is 0.700. The van der Waals surface area contributed by atoms with Crippen LogP contribution >= 0.6 is 0 Å². The van der Waals surface area contributed by atoms with Gasteiger partial charge in [0.1, 0.15) is 0 Å². The normalized spacial score (nSPS) is 25.9. The standard InChI is InChI=1S/C12H22N2O4/c1-8-3-2-4-9(6-5-8)13-12(18)14-10(7-15)11(16)17/h8-10,15H,2-7H2,1H3,(H,16,17)(H2,13,14,18). The number of nitrogens with one attached hydrogen (secondary N) is 2. The topological polar surface area (TPSA) is 98.7 Å². The molecule has 0 bridgehead atoms. The average molecular weight is 258 g/mol. The maximum atomic E-state index is 11.6.